The number of halogens is 4. The molecule has 0 unspecified atom stereocenters. The van der Waals surface area contributed by atoms with Gasteiger partial charge in [0.25, 0.3) is 0 Å². The Morgan fingerprint density at radius 2 is 0.284 bits per heavy atom. The summed E-state index contributed by atoms with van der Waals surface area (Å²) in [5.41, 5.74) is 9.74. The highest BCUT2D eigenvalue weighted by atomic mass is 19.1. The van der Waals surface area contributed by atoms with Gasteiger partial charge in [0.1, 0.15) is 34.6 Å². The van der Waals surface area contributed by atoms with Crippen molar-refractivity contribution < 1.29 is 17.6 Å². The van der Waals surface area contributed by atoms with Gasteiger partial charge < -0.3 is 29.4 Å². The van der Waals surface area contributed by atoms with Crippen molar-refractivity contribution in [3.8, 4) is 0 Å². The number of anilines is 18. The second-order valence-corrected chi connectivity index (χ2v) is 20.8. The van der Waals surface area contributed by atoms with Crippen molar-refractivity contribution >= 4 is 102 Å². The molecule has 0 spiro atoms. The molecule has 0 saturated heterocycles. The molecular formula is C78H56F4N6. The summed E-state index contributed by atoms with van der Waals surface area (Å²) < 4.78 is 69.3. The van der Waals surface area contributed by atoms with Crippen LogP contribution in [0.1, 0.15) is 0 Å². The third kappa shape index (κ3) is 11.5. The molecule has 0 N–H and O–H groups in total. The van der Waals surface area contributed by atoms with Crippen LogP contribution in [-0.2, 0) is 0 Å². The number of rotatable bonds is 18. The van der Waals surface area contributed by atoms with Gasteiger partial charge in [-0.25, -0.2) is 17.6 Å². The van der Waals surface area contributed by atoms with Crippen LogP contribution in [0, 0.1) is 23.3 Å². The van der Waals surface area contributed by atoms with Crippen LogP contribution in [0.15, 0.2) is 340 Å². The predicted octanol–water partition coefficient (Wildman–Crippen LogP) is 23.1. The summed E-state index contributed by atoms with van der Waals surface area (Å²) in [7, 11) is 0. The lowest BCUT2D eigenvalue weighted by Crippen LogP contribution is -2.19. The lowest BCUT2D eigenvalue weighted by atomic mass is 10.1. The highest BCUT2D eigenvalue weighted by Gasteiger charge is 2.29. The van der Waals surface area contributed by atoms with Gasteiger partial charge in [0, 0.05) is 56.9 Å². The zero-order chi connectivity index (χ0) is 59.8. The van der Waals surface area contributed by atoms with E-state index in [0.717, 1.165) is 45.5 Å². The van der Waals surface area contributed by atoms with Crippen molar-refractivity contribution in [2.75, 3.05) is 29.4 Å². The van der Waals surface area contributed by atoms with Gasteiger partial charge in [-0.15, -0.1) is 0 Å². The first-order valence-corrected chi connectivity index (χ1v) is 28.8. The van der Waals surface area contributed by atoms with Crippen molar-refractivity contribution in [2.45, 2.75) is 0 Å². The molecule has 0 aliphatic rings. The van der Waals surface area contributed by atoms with Crippen LogP contribution in [0.25, 0.3) is 0 Å². The SMILES string of the molecule is Fc1cccc(F)c1N(c1cc(N(c2ccccc2)c2ccccc2)cc(N(c2ccccc2)c2ccccc2)c1)c1cccc(N(c2cc(N(c3ccccc3)c3ccccc3)cc(N(c3ccccc3)c3ccccc3)c2)c2c(F)cccc2F)c1. The minimum Gasteiger partial charge on any atom is -0.310 e. The largest absolute Gasteiger partial charge is 0.310 e. The van der Waals surface area contributed by atoms with E-state index >= 15 is 17.6 Å². The highest BCUT2D eigenvalue weighted by molar-refractivity contribution is 5.93. The Labute approximate surface area is 509 Å². The van der Waals surface area contributed by atoms with Crippen molar-refractivity contribution in [3.05, 3.63) is 363 Å². The maximum Gasteiger partial charge on any atom is 0.150 e. The molecule has 0 amide bonds. The van der Waals surface area contributed by atoms with Gasteiger partial charge in [0.15, 0.2) is 0 Å². The minimum absolute atomic E-state index is 0.269. The Morgan fingerprint density at radius 3 is 0.477 bits per heavy atom. The maximum absolute atomic E-state index is 17.3. The third-order valence-electron chi connectivity index (χ3n) is 15.1. The Balaban J connectivity index is 1.09. The molecule has 13 rings (SSSR count). The van der Waals surface area contributed by atoms with Crippen LogP contribution in [0.3, 0.4) is 0 Å². The second-order valence-electron chi connectivity index (χ2n) is 20.8. The summed E-state index contributed by atoms with van der Waals surface area (Å²) in [6.45, 7) is 0. The monoisotopic (exact) mass is 1150 g/mol. The quantitative estimate of drug-likeness (QED) is 0.0792. The lowest BCUT2D eigenvalue weighted by Gasteiger charge is -2.34. The van der Waals surface area contributed by atoms with Crippen LogP contribution in [0.4, 0.5) is 120 Å². The number of benzene rings is 13. The normalized spacial score (nSPS) is 11.0. The zero-order valence-electron chi connectivity index (χ0n) is 47.5. The van der Waals surface area contributed by atoms with Gasteiger partial charge >= 0.3 is 0 Å². The van der Waals surface area contributed by atoms with Crippen LogP contribution >= 0.6 is 0 Å². The van der Waals surface area contributed by atoms with E-state index < -0.39 is 23.3 Å². The van der Waals surface area contributed by atoms with Gasteiger partial charge in [-0.1, -0.05) is 164 Å². The fourth-order valence-electron chi connectivity index (χ4n) is 11.3. The fourth-order valence-corrected chi connectivity index (χ4v) is 11.3. The average Bonchev–Trinajstić information content (AvgIpc) is 2.28. The molecule has 0 aliphatic heterocycles. The summed E-state index contributed by atoms with van der Waals surface area (Å²) in [6.07, 6.45) is 0. The molecule has 88 heavy (non-hydrogen) atoms. The molecule has 0 fully saturated rings. The molecular weight excluding hydrogens is 1100 g/mol. The van der Waals surface area contributed by atoms with E-state index in [1.165, 1.54) is 36.4 Å². The van der Waals surface area contributed by atoms with Crippen LogP contribution < -0.4 is 29.4 Å². The molecule has 0 aliphatic carbocycles. The molecule has 13 aromatic carbocycles. The summed E-state index contributed by atoms with van der Waals surface area (Å²) in [5.74, 6) is -3.38. The van der Waals surface area contributed by atoms with Gasteiger partial charge in [-0.3, -0.25) is 0 Å². The van der Waals surface area contributed by atoms with Crippen LogP contribution in [-0.4, -0.2) is 0 Å². The summed E-state index contributed by atoms with van der Waals surface area (Å²) in [4.78, 5) is 11.5. The Kier molecular flexibility index (Phi) is 16.0. The second kappa shape index (κ2) is 25.3. The molecule has 0 atom stereocenters. The van der Waals surface area contributed by atoms with Crippen LogP contribution in [0.5, 0.6) is 0 Å². The van der Waals surface area contributed by atoms with Crippen molar-refractivity contribution in [2.24, 2.45) is 0 Å². The van der Waals surface area contributed by atoms with E-state index in [4.69, 9.17) is 0 Å². The molecule has 0 bridgehead atoms. The molecule has 426 valence electrons. The average molecular weight is 1150 g/mol. The van der Waals surface area contributed by atoms with Gasteiger partial charge in [-0.05, 0) is 176 Å². The Morgan fingerprint density at radius 1 is 0.136 bits per heavy atom. The number of para-hydroxylation sites is 10. The smallest absolute Gasteiger partial charge is 0.150 e. The van der Waals surface area contributed by atoms with Crippen molar-refractivity contribution in [1.29, 1.82) is 0 Å². The topological polar surface area (TPSA) is 19.4 Å². The first-order chi connectivity index (χ1) is 43.3. The number of nitrogens with zero attached hydrogens (tertiary/aromatic N) is 6. The van der Waals surface area contributed by atoms with E-state index in [0.29, 0.717) is 34.1 Å². The maximum atomic E-state index is 17.3. The molecule has 10 heteroatoms. The van der Waals surface area contributed by atoms with Crippen molar-refractivity contribution in [1.82, 2.24) is 0 Å². The van der Waals surface area contributed by atoms with Crippen LogP contribution in [0.2, 0.25) is 0 Å². The fraction of sp³-hybridized carbons (Fsp3) is 0. The van der Waals surface area contributed by atoms with E-state index in [1.807, 2.05) is 267 Å². The molecule has 13 aromatic rings. The number of hydrogen-bond donors (Lipinski definition) is 0. The summed E-state index contributed by atoms with van der Waals surface area (Å²) >= 11 is 0. The molecule has 0 heterocycles. The first kappa shape index (κ1) is 55.6. The first-order valence-electron chi connectivity index (χ1n) is 28.8. The van der Waals surface area contributed by atoms with E-state index in [-0.39, 0.29) is 22.7 Å². The summed E-state index contributed by atoms with van der Waals surface area (Å²) in [5, 5.41) is 0. The standard InChI is InChI=1S/C78H56F4N6/c79-73-46-26-47-74(80)77(73)87(71-53-67(83(57-28-9-1-10-29-57)58-30-11-2-12-31-58)51-68(54-71)84(59-32-13-3-14-33-59)60-34-15-4-16-35-60)65-44-25-45-66(50-65)88(78-75(81)48-27-49-76(78)82)72-55-69(85(61-36-17-5-18-37-61)62-38-19-6-20-39-62)52-70(56-72)86(63-40-21-7-22-41-63)64-42-23-8-24-43-64/h1-56H. The Bertz CT molecular complexity index is 3770. The van der Waals surface area contributed by atoms with Gasteiger partial charge in [-0.2, -0.15) is 0 Å². The van der Waals surface area contributed by atoms with E-state index in [9.17, 15) is 0 Å². The minimum atomic E-state index is -0.846. The van der Waals surface area contributed by atoms with Gasteiger partial charge in [0.05, 0.1) is 34.1 Å². The molecule has 0 saturated carbocycles. The van der Waals surface area contributed by atoms with E-state index in [2.05, 4.69) is 31.7 Å². The number of hydrogen-bond acceptors (Lipinski definition) is 6. The predicted molar refractivity (Wildman–Crippen MR) is 354 cm³/mol. The van der Waals surface area contributed by atoms with Gasteiger partial charge in [0.2, 0.25) is 0 Å². The van der Waals surface area contributed by atoms with E-state index in [1.54, 1.807) is 34.1 Å². The molecule has 0 aromatic heterocycles. The third-order valence-corrected chi connectivity index (χ3v) is 15.1. The molecule has 0 radical (unpaired) electrons. The van der Waals surface area contributed by atoms with Crippen molar-refractivity contribution in [3.63, 3.8) is 0 Å². The summed E-state index contributed by atoms with van der Waals surface area (Å²) in [6, 6.07) is 106. The Hall–Kier alpha value is -11.6. The zero-order valence-corrected chi connectivity index (χ0v) is 47.5. The lowest BCUT2D eigenvalue weighted by molar-refractivity contribution is 0.585. The molecule has 6 nitrogen and oxygen atoms in total. The highest BCUT2D eigenvalue weighted by Crippen LogP contribution is 2.51.